The largest absolute Gasteiger partial charge is 0.349 e. The van der Waals surface area contributed by atoms with Crippen molar-refractivity contribution in [2.24, 2.45) is 0 Å². The van der Waals surface area contributed by atoms with E-state index in [-0.39, 0.29) is 11.9 Å². The predicted octanol–water partition coefficient (Wildman–Crippen LogP) is 2.62. The van der Waals surface area contributed by atoms with Gasteiger partial charge in [-0.3, -0.25) is 14.5 Å². The first-order valence-electron chi connectivity index (χ1n) is 7.84. The van der Waals surface area contributed by atoms with Crippen molar-refractivity contribution in [2.75, 3.05) is 0 Å². The summed E-state index contributed by atoms with van der Waals surface area (Å²) >= 11 is 1.66. The molecule has 0 saturated heterocycles. The van der Waals surface area contributed by atoms with Crippen molar-refractivity contribution in [1.29, 1.82) is 0 Å². The van der Waals surface area contributed by atoms with Gasteiger partial charge in [0.05, 0.1) is 6.04 Å². The Labute approximate surface area is 144 Å². The number of hydrogen-bond donors (Lipinski definition) is 1. The van der Waals surface area contributed by atoms with Crippen molar-refractivity contribution >= 4 is 17.2 Å². The minimum absolute atomic E-state index is 0.0409. The maximum Gasteiger partial charge on any atom is 0.220 e. The van der Waals surface area contributed by atoms with Gasteiger partial charge in [-0.15, -0.1) is 0 Å². The van der Waals surface area contributed by atoms with Gasteiger partial charge in [-0.1, -0.05) is 6.07 Å². The number of carbonyl (C=O) groups is 1. The first kappa shape index (κ1) is 16.3. The highest BCUT2D eigenvalue weighted by Crippen LogP contribution is 2.19. The molecule has 0 saturated carbocycles. The maximum atomic E-state index is 12.3. The van der Waals surface area contributed by atoms with Crippen molar-refractivity contribution < 1.29 is 4.79 Å². The molecule has 1 N–H and O–H groups in total. The molecule has 0 radical (unpaired) electrons. The summed E-state index contributed by atoms with van der Waals surface area (Å²) in [4.78, 5) is 20.4. The zero-order chi connectivity index (χ0) is 16.6. The minimum atomic E-state index is -0.0628. The number of amides is 1. The lowest BCUT2D eigenvalue weighted by Gasteiger charge is -2.18. The molecule has 0 aliphatic rings. The van der Waals surface area contributed by atoms with Crippen LogP contribution >= 0.6 is 11.3 Å². The van der Waals surface area contributed by atoms with Crippen LogP contribution in [0.3, 0.4) is 0 Å². The Kier molecular flexibility index (Phi) is 5.68. The molecule has 0 aliphatic heterocycles. The first-order chi connectivity index (χ1) is 11.8. The van der Waals surface area contributed by atoms with E-state index in [0.29, 0.717) is 13.0 Å². The molecule has 0 spiro atoms. The van der Waals surface area contributed by atoms with Gasteiger partial charge >= 0.3 is 0 Å². The van der Waals surface area contributed by atoms with Crippen LogP contribution in [0.25, 0.3) is 0 Å². The van der Waals surface area contributed by atoms with Crippen molar-refractivity contribution in [3.63, 3.8) is 0 Å². The molecule has 3 rings (SSSR count). The van der Waals surface area contributed by atoms with Crippen molar-refractivity contribution in [1.82, 2.24) is 25.1 Å². The topological polar surface area (TPSA) is 72.7 Å². The van der Waals surface area contributed by atoms with E-state index in [4.69, 9.17) is 0 Å². The first-order valence-corrected chi connectivity index (χ1v) is 8.78. The van der Waals surface area contributed by atoms with E-state index in [1.54, 1.807) is 28.5 Å². The van der Waals surface area contributed by atoms with Crippen LogP contribution in [0.5, 0.6) is 0 Å². The standard InChI is InChI=1S/C17H19N5OS/c23-17(4-2-7-22-13-19-12-20-22)21-16(9-14-5-8-24-11-14)15-3-1-6-18-10-15/h1,3,5-6,8,10-13,16H,2,4,7,9H2,(H,21,23)/t16-/m1/s1. The molecule has 0 fully saturated rings. The summed E-state index contributed by atoms with van der Waals surface area (Å²) in [6.45, 7) is 0.690. The highest BCUT2D eigenvalue weighted by molar-refractivity contribution is 7.07. The van der Waals surface area contributed by atoms with Crippen LogP contribution < -0.4 is 5.32 Å². The van der Waals surface area contributed by atoms with Crippen LogP contribution in [0.4, 0.5) is 0 Å². The van der Waals surface area contributed by atoms with Gasteiger partial charge in [0, 0.05) is 25.4 Å². The summed E-state index contributed by atoms with van der Waals surface area (Å²) in [6, 6.07) is 5.92. The Morgan fingerprint density at radius 1 is 1.33 bits per heavy atom. The van der Waals surface area contributed by atoms with Crippen molar-refractivity contribution in [3.8, 4) is 0 Å². The molecule has 6 nitrogen and oxygen atoms in total. The molecular formula is C17H19N5OS. The maximum absolute atomic E-state index is 12.3. The number of hydrogen-bond acceptors (Lipinski definition) is 5. The minimum Gasteiger partial charge on any atom is -0.349 e. The lowest BCUT2D eigenvalue weighted by Crippen LogP contribution is -2.30. The fourth-order valence-electron chi connectivity index (χ4n) is 2.50. The van der Waals surface area contributed by atoms with Crippen LogP contribution in [0.1, 0.15) is 30.0 Å². The van der Waals surface area contributed by atoms with Crippen LogP contribution in [0, 0.1) is 0 Å². The lowest BCUT2D eigenvalue weighted by atomic mass is 10.0. The van der Waals surface area contributed by atoms with Gasteiger partial charge in [0.2, 0.25) is 5.91 Å². The van der Waals surface area contributed by atoms with Crippen LogP contribution in [0.2, 0.25) is 0 Å². The normalized spacial score (nSPS) is 12.0. The third kappa shape index (κ3) is 4.73. The molecule has 7 heteroatoms. The number of nitrogens with zero attached hydrogens (tertiary/aromatic N) is 4. The number of carbonyl (C=O) groups excluding carboxylic acids is 1. The number of aryl methyl sites for hydroxylation is 1. The fourth-order valence-corrected chi connectivity index (χ4v) is 3.18. The summed E-state index contributed by atoms with van der Waals surface area (Å²) in [5.74, 6) is 0.0409. The molecule has 0 aliphatic carbocycles. The van der Waals surface area contributed by atoms with Crippen LogP contribution in [0.15, 0.2) is 54.0 Å². The highest BCUT2D eigenvalue weighted by Gasteiger charge is 2.15. The van der Waals surface area contributed by atoms with E-state index in [9.17, 15) is 4.79 Å². The molecular weight excluding hydrogens is 322 g/mol. The van der Waals surface area contributed by atoms with E-state index < -0.39 is 0 Å². The van der Waals surface area contributed by atoms with E-state index in [1.807, 2.05) is 18.3 Å². The van der Waals surface area contributed by atoms with Crippen LogP contribution in [-0.2, 0) is 17.8 Å². The molecule has 3 heterocycles. The van der Waals surface area contributed by atoms with Crippen molar-refractivity contribution in [2.45, 2.75) is 31.8 Å². The smallest absolute Gasteiger partial charge is 0.220 e. The van der Waals surface area contributed by atoms with Gasteiger partial charge in [-0.05, 0) is 46.9 Å². The van der Waals surface area contributed by atoms with Crippen LogP contribution in [-0.4, -0.2) is 25.7 Å². The Bertz CT molecular complexity index is 728. The fraction of sp³-hybridized carbons (Fsp3) is 0.294. The molecule has 0 aromatic carbocycles. The Hall–Kier alpha value is -2.54. The second kappa shape index (κ2) is 8.35. The number of rotatable bonds is 8. The number of nitrogens with one attached hydrogen (secondary N) is 1. The molecule has 1 amide bonds. The van der Waals surface area contributed by atoms with E-state index in [0.717, 1.165) is 18.4 Å². The van der Waals surface area contributed by atoms with Crippen molar-refractivity contribution in [3.05, 3.63) is 65.1 Å². The summed E-state index contributed by atoms with van der Waals surface area (Å²) in [5, 5.41) is 11.3. The second-order valence-electron chi connectivity index (χ2n) is 5.50. The molecule has 3 aromatic heterocycles. The lowest BCUT2D eigenvalue weighted by molar-refractivity contribution is -0.122. The number of pyridine rings is 1. The molecule has 24 heavy (non-hydrogen) atoms. The van der Waals surface area contributed by atoms with Gasteiger partial charge in [0.1, 0.15) is 12.7 Å². The SMILES string of the molecule is O=C(CCCn1cncn1)N[C@H](Cc1ccsc1)c1cccnc1. The quantitative estimate of drug-likeness (QED) is 0.683. The van der Waals surface area contributed by atoms with E-state index in [2.05, 4.69) is 37.2 Å². The average Bonchev–Trinajstić information content (AvgIpc) is 3.29. The number of thiophene rings is 1. The molecule has 124 valence electrons. The van der Waals surface area contributed by atoms with Gasteiger partial charge in [-0.2, -0.15) is 16.4 Å². The zero-order valence-corrected chi connectivity index (χ0v) is 14.0. The zero-order valence-electron chi connectivity index (χ0n) is 13.2. The number of aromatic nitrogens is 4. The molecule has 0 unspecified atom stereocenters. The summed E-state index contributed by atoms with van der Waals surface area (Å²) < 4.78 is 1.73. The molecule has 3 aromatic rings. The Morgan fingerprint density at radius 2 is 2.29 bits per heavy atom. The van der Waals surface area contributed by atoms with Gasteiger partial charge in [0.15, 0.2) is 0 Å². The van der Waals surface area contributed by atoms with Gasteiger partial charge in [0.25, 0.3) is 0 Å². The molecule has 0 bridgehead atoms. The third-order valence-corrected chi connectivity index (χ3v) is 4.43. The summed E-state index contributed by atoms with van der Waals surface area (Å²) in [7, 11) is 0. The van der Waals surface area contributed by atoms with E-state index >= 15 is 0 Å². The van der Waals surface area contributed by atoms with Gasteiger partial charge in [-0.25, -0.2) is 4.98 Å². The Morgan fingerprint density at radius 3 is 3.00 bits per heavy atom. The third-order valence-electron chi connectivity index (χ3n) is 3.70. The second-order valence-corrected chi connectivity index (χ2v) is 6.28. The highest BCUT2D eigenvalue weighted by atomic mass is 32.1. The van der Waals surface area contributed by atoms with Gasteiger partial charge < -0.3 is 5.32 Å². The average molecular weight is 341 g/mol. The van der Waals surface area contributed by atoms with E-state index in [1.165, 1.54) is 11.9 Å². The monoisotopic (exact) mass is 341 g/mol. The Balaban J connectivity index is 1.57. The summed E-state index contributed by atoms with van der Waals surface area (Å²) in [5.41, 5.74) is 2.24. The predicted molar refractivity (Wildman–Crippen MR) is 92.4 cm³/mol. The molecule has 1 atom stereocenters. The summed E-state index contributed by atoms with van der Waals surface area (Å²) in [6.07, 6.45) is 8.67.